The fraction of sp³-hybridized carbons (Fsp3) is 0.865. The van der Waals surface area contributed by atoms with Gasteiger partial charge in [0.2, 0.25) is 0 Å². The molecule has 0 fully saturated rings. The van der Waals surface area contributed by atoms with Gasteiger partial charge >= 0.3 is 17.9 Å². The van der Waals surface area contributed by atoms with E-state index in [4.69, 9.17) is 14.2 Å². The molecule has 252 valence electrons. The van der Waals surface area contributed by atoms with Gasteiger partial charge in [-0.1, -0.05) is 136 Å². The van der Waals surface area contributed by atoms with Crippen molar-refractivity contribution in [3.05, 3.63) is 12.2 Å². The van der Waals surface area contributed by atoms with Gasteiger partial charge in [-0.3, -0.25) is 14.4 Å². The van der Waals surface area contributed by atoms with E-state index in [-0.39, 0.29) is 31.1 Å². The predicted octanol–water partition coefficient (Wildman–Crippen LogP) is 10.7. The van der Waals surface area contributed by atoms with Gasteiger partial charge in [0.1, 0.15) is 13.2 Å². The molecule has 0 amide bonds. The average molecular weight is 609 g/mol. The summed E-state index contributed by atoms with van der Waals surface area (Å²) in [6.07, 6.45) is 30.8. The van der Waals surface area contributed by atoms with Crippen molar-refractivity contribution in [2.75, 3.05) is 13.2 Å². The van der Waals surface area contributed by atoms with Crippen LogP contribution in [0.5, 0.6) is 0 Å². The van der Waals surface area contributed by atoms with E-state index in [1.165, 1.54) is 77.0 Å². The Morgan fingerprint density at radius 3 is 1.21 bits per heavy atom. The van der Waals surface area contributed by atoms with Crippen LogP contribution in [0.3, 0.4) is 0 Å². The lowest BCUT2D eigenvalue weighted by Crippen LogP contribution is -2.30. The van der Waals surface area contributed by atoms with Crippen LogP contribution in [0.25, 0.3) is 0 Å². The number of allylic oxidation sites excluding steroid dienone is 2. The third-order valence-electron chi connectivity index (χ3n) is 7.77. The lowest BCUT2D eigenvalue weighted by Gasteiger charge is -2.18. The molecule has 0 aliphatic rings. The number of ether oxygens (including phenoxy) is 3. The summed E-state index contributed by atoms with van der Waals surface area (Å²) in [4.78, 5) is 37.0. The Kier molecular flexibility index (Phi) is 31.6. The van der Waals surface area contributed by atoms with Crippen molar-refractivity contribution in [1.29, 1.82) is 0 Å². The van der Waals surface area contributed by atoms with Crippen LogP contribution in [0.15, 0.2) is 12.2 Å². The monoisotopic (exact) mass is 609 g/mol. The topological polar surface area (TPSA) is 78.9 Å². The normalized spacial score (nSPS) is 12.0. The standard InChI is InChI=1S/C37H68O6/c1-4-7-10-13-15-17-18-19-20-22-24-27-30-36(39)42-33-34(32-41-35(38)29-26-23-12-9-6-3)43-37(40)31-28-25-21-16-14-11-8-5-2/h15,17,34H,4-14,16,18-33H2,1-3H3/b17-15-. The first-order valence-electron chi connectivity index (χ1n) is 18.2. The fourth-order valence-corrected chi connectivity index (χ4v) is 4.96. The maximum absolute atomic E-state index is 12.5. The molecule has 0 aromatic carbocycles. The van der Waals surface area contributed by atoms with Crippen LogP contribution in [0.4, 0.5) is 0 Å². The zero-order valence-corrected chi connectivity index (χ0v) is 28.5. The number of hydrogen-bond acceptors (Lipinski definition) is 6. The number of carbonyl (C=O) groups excluding carboxylic acids is 3. The van der Waals surface area contributed by atoms with Crippen LogP contribution in [-0.4, -0.2) is 37.2 Å². The Labute approximate surface area is 265 Å². The van der Waals surface area contributed by atoms with Gasteiger partial charge in [-0.15, -0.1) is 0 Å². The summed E-state index contributed by atoms with van der Waals surface area (Å²) >= 11 is 0. The Morgan fingerprint density at radius 2 is 0.767 bits per heavy atom. The van der Waals surface area contributed by atoms with Gasteiger partial charge in [0, 0.05) is 19.3 Å². The maximum Gasteiger partial charge on any atom is 0.306 e. The van der Waals surface area contributed by atoms with Gasteiger partial charge in [0.25, 0.3) is 0 Å². The van der Waals surface area contributed by atoms with Gasteiger partial charge < -0.3 is 14.2 Å². The van der Waals surface area contributed by atoms with E-state index in [9.17, 15) is 14.4 Å². The van der Waals surface area contributed by atoms with E-state index < -0.39 is 6.10 Å². The fourth-order valence-electron chi connectivity index (χ4n) is 4.96. The Hall–Kier alpha value is -1.85. The summed E-state index contributed by atoms with van der Waals surface area (Å²) in [5, 5.41) is 0. The summed E-state index contributed by atoms with van der Waals surface area (Å²) in [7, 11) is 0. The molecular formula is C37H68O6. The van der Waals surface area contributed by atoms with E-state index in [1.807, 2.05) is 0 Å². The molecule has 1 atom stereocenters. The number of carbonyl (C=O) groups is 3. The third-order valence-corrected chi connectivity index (χ3v) is 7.77. The minimum Gasteiger partial charge on any atom is -0.462 e. The first kappa shape index (κ1) is 41.1. The largest absolute Gasteiger partial charge is 0.462 e. The maximum atomic E-state index is 12.5. The van der Waals surface area contributed by atoms with Gasteiger partial charge in [-0.05, 0) is 44.9 Å². The SMILES string of the molecule is CCCCC/C=C\CCCCCCCC(=O)OCC(COC(=O)CCCCCCC)OC(=O)CCCCCCCCCC. The molecule has 1 unspecified atom stereocenters. The summed E-state index contributed by atoms with van der Waals surface area (Å²) in [6, 6.07) is 0. The van der Waals surface area contributed by atoms with E-state index in [2.05, 4.69) is 32.9 Å². The molecular weight excluding hydrogens is 540 g/mol. The van der Waals surface area contributed by atoms with Gasteiger partial charge in [0.05, 0.1) is 0 Å². The number of unbranched alkanes of at least 4 members (excludes halogenated alkanes) is 19. The van der Waals surface area contributed by atoms with Gasteiger partial charge in [0.15, 0.2) is 6.10 Å². The van der Waals surface area contributed by atoms with E-state index in [0.29, 0.717) is 19.3 Å². The molecule has 0 bridgehead atoms. The molecule has 0 radical (unpaired) electrons. The first-order chi connectivity index (χ1) is 21.0. The predicted molar refractivity (Wildman–Crippen MR) is 178 cm³/mol. The molecule has 43 heavy (non-hydrogen) atoms. The first-order valence-corrected chi connectivity index (χ1v) is 18.2. The van der Waals surface area contributed by atoms with E-state index in [1.54, 1.807) is 0 Å². The zero-order valence-electron chi connectivity index (χ0n) is 28.5. The smallest absolute Gasteiger partial charge is 0.306 e. The second-order valence-electron chi connectivity index (χ2n) is 12.1. The summed E-state index contributed by atoms with van der Waals surface area (Å²) in [5.74, 6) is -0.904. The second-order valence-corrected chi connectivity index (χ2v) is 12.1. The van der Waals surface area contributed by atoms with Crippen molar-refractivity contribution >= 4 is 17.9 Å². The molecule has 0 saturated carbocycles. The number of esters is 3. The van der Waals surface area contributed by atoms with Gasteiger partial charge in [-0.2, -0.15) is 0 Å². The quantitative estimate of drug-likeness (QED) is 0.0327. The highest BCUT2D eigenvalue weighted by Gasteiger charge is 2.19. The summed E-state index contributed by atoms with van der Waals surface area (Å²) < 4.78 is 16.4. The molecule has 6 nitrogen and oxygen atoms in total. The van der Waals surface area contributed by atoms with Crippen LogP contribution in [0.1, 0.15) is 188 Å². The highest BCUT2D eigenvalue weighted by atomic mass is 16.6. The minimum atomic E-state index is -0.760. The molecule has 6 heteroatoms. The lowest BCUT2D eigenvalue weighted by atomic mass is 10.1. The van der Waals surface area contributed by atoms with Gasteiger partial charge in [-0.25, -0.2) is 0 Å². The number of hydrogen-bond donors (Lipinski definition) is 0. The molecule has 0 saturated heterocycles. The second kappa shape index (κ2) is 33.1. The molecule has 0 spiro atoms. The highest BCUT2D eigenvalue weighted by molar-refractivity contribution is 5.71. The third kappa shape index (κ3) is 31.4. The van der Waals surface area contributed by atoms with Crippen LogP contribution in [-0.2, 0) is 28.6 Å². The number of rotatable bonds is 32. The Balaban J connectivity index is 4.29. The van der Waals surface area contributed by atoms with Crippen molar-refractivity contribution in [3.8, 4) is 0 Å². The average Bonchev–Trinajstić information content (AvgIpc) is 3.00. The zero-order chi connectivity index (χ0) is 31.6. The van der Waals surface area contributed by atoms with Crippen molar-refractivity contribution in [2.45, 2.75) is 194 Å². The van der Waals surface area contributed by atoms with Crippen molar-refractivity contribution in [1.82, 2.24) is 0 Å². The molecule has 0 aromatic rings. The molecule has 0 aliphatic heterocycles. The Bertz CT molecular complexity index is 674. The summed E-state index contributed by atoms with van der Waals surface area (Å²) in [5.41, 5.74) is 0. The van der Waals surface area contributed by atoms with Crippen molar-refractivity contribution < 1.29 is 28.6 Å². The molecule has 0 aromatic heterocycles. The van der Waals surface area contributed by atoms with Crippen LogP contribution < -0.4 is 0 Å². The van der Waals surface area contributed by atoms with Crippen LogP contribution in [0.2, 0.25) is 0 Å². The molecule has 0 N–H and O–H groups in total. The summed E-state index contributed by atoms with van der Waals surface area (Å²) in [6.45, 7) is 6.46. The van der Waals surface area contributed by atoms with Crippen molar-refractivity contribution in [2.24, 2.45) is 0 Å². The molecule has 0 heterocycles. The highest BCUT2D eigenvalue weighted by Crippen LogP contribution is 2.12. The van der Waals surface area contributed by atoms with Crippen molar-refractivity contribution in [3.63, 3.8) is 0 Å². The molecule has 0 rings (SSSR count). The Morgan fingerprint density at radius 1 is 0.442 bits per heavy atom. The molecule has 0 aliphatic carbocycles. The minimum absolute atomic E-state index is 0.0721. The van der Waals surface area contributed by atoms with Crippen LogP contribution >= 0.6 is 0 Å². The van der Waals surface area contributed by atoms with E-state index >= 15 is 0 Å². The van der Waals surface area contributed by atoms with E-state index in [0.717, 1.165) is 70.6 Å². The lowest BCUT2D eigenvalue weighted by molar-refractivity contribution is -0.167. The van der Waals surface area contributed by atoms with Crippen LogP contribution in [0, 0.1) is 0 Å².